The van der Waals surface area contributed by atoms with E-state index in [-0.39, 0.29) is 30.6 Å². The van der Waals surface area contributed by atoms with E-state index in [1.807, 2.05) is 40.6 Å². The van der Waals surface area contributed by atoms with Crippen LogP contribution in [0.1, 0.15) is 34.1 Å². The third-order valence-corrected chi connectivity index (χ3v) is 5.36. The van der Waals surface area contributed by atoms with Gasteiger partial charge in [0.1, 0.15) is 0 Å². The average molecular weight is 342 g/mol. The fraction of sp³-hybridized carbons (Fsp3) is 0.368. The van der Waals surface area contributed by atoms with Crippen molar-refractivity contribution in [2.45, 2.75) is 18.9 Å². The molecule has 0 N–H and O–H groups in total. The summed E-state index contributed by atoms with van der Waals surface area (Å²) in [5.74, 6) is 0.130. The molecule has 1 atom stereocenters. The molecular weight excluding hydrogens is 320 g/mol. The number of rotatable bonds is 5. The van der Waals surface area contributed by atoms with E-state index < -0.39 is 0 Å². The Morgan fingerprint density at radius 3 is 2.58 bits per heavy atom. The van der Waals surface area contributed by atoms with E-state index in [9.17, 15) is 9.59 Å². The zero-order valence-electron chi connectivity index (χ0n) is 13.9. The second kappa shape index (κ2) is 7.73. The Labute approximate surface area is 146 Å². The van der Waals surface area contributed by atoms with Crippen molar-refractivity contribution in [1.29, 1.82) is 0 Å². The Morgan fingerprint density at radius 2 is 1.88 bits per heavy atom. The molecule has 0 bridgehead atoms. The first-order valence-corrected chi connectivity index (χ1v) is 9.13. The van der Waals surface area contributed by atoms with Gasteiger partial charge in [-0.1, -0.05) is 36.4 Å². The fourth-order valence-corrected chi connectivity index (χ4v) is 3.80. The lowest BCUT2D eigenvalue weighted by atomic mass is 10.0. The van der Waals surface area contributed by atoms with Gasteiger partial charge in [-0.25, -0.2) is 0 Å². The number of amides is 1. The number of Topliss-reactive ketones (excluding diaryl/α,β-unsaturated/α-hetero) is 1. The second-order valence-corrected chi connectivity index (χ2v) is 7.12. The second-order valence-electron chi connectivity index (χ2n) is 6.18. The van der Waals surface area contributed by atoms with Gasteiger partial charge in [0.05, 0.1) is 10.9 Å². The largest absolute Gasteiger partial charge is 0.333 e. The molecule has 0 radical (unpaired) electrons. The molecule has 24 heavy (non-hydrogen) atoms. The highest BCUT2D eigenvalue weighted by Gasteiger charge is 2.30. The summed E-state index contributed by atoms with van der Waals surface area (Å²) in [5, 5.41) is 1.89. The standard InChI is InChI=1S/C19H22N2O2S/c1-20-11-12-21(16(14-20)15-6-3-2-4-7-15)19(23)10-9-17(22)18-8-5-13-24-18/h2-8,13,16H,9-12,14H2,1H3/t16-/m0/s1. The van der Waals surface area contributed by atoms with E-state index in [1.165, 1.54) is 11.3 Å². The summed E-state index contributed by atoms with van der Waals surface area (Å²) >= 11 is 1.43. The van der Waals surface area contributed by atoms with Gasteiger partial charge in [0, 0.05) is 32.5 Å². The topological polar surface area (TPSA) is 40.6 Å². The minimum absolute atomic E-state index is 0.0590. The lowest BCUT2D eigenvalue weighted by Crippen LogP contribution is -2.49. The van der Waals surface area contributed by atoms with Gasteiger partial charge in [0.25, 0.3) is 0 Å². The maximum atomic E-state index is 12.7. The molecule has 1 fully saturated rings. The fourth-order valence-electron chi connectivity index (χ4n) is 3.10. The summed E-state index contributed by atoms with van der Waals surface area (Å²) in [6.45, 7) is 2.41. The van der Waals surface area contributed by atoms with Gasteiger partial charge in [0.2, 0.25) is 5.91 Å². The van der Waals surface area contributed by atoms with E-state index in [4.69, 9.17) is 0 Å². The van der Waals surface area contributed by atoms with Crippen molar-refractivity contribution in [2.75, 3.05) is 26.7 Å². The van der Waals surface area contributed by atoms with E-state index in [2.05, 4.69) is 24.1 Å². The molecule has 1 saturated heterocycles. The molecule has 126 valence electrons. The monoisotopic (exact) mass is 342 g/mol. The third-order valence-electron chi connectivity index (χ3n) is 4.45. The van der Waals surface area contributed by atoms with E-state index >= 15 is 0 Å². The Balaban J connectivity index is 1.66. The SMILES string of the molecule is CN1CCN(C(=O)CCC(=O)c2cccs2)[C@H](c2ccccc2)C1. The number of piperazine rings is 1. The molecule has 1 aliphatic rings. The molecule has 4 nitrogen and oxygen atoms in total. The molecule has 0 aliphatic carbocycles. The maximum absolute atomic E-state index is 12.7. The molecule has 0 unspecified atom stereocenters. The lowest BCUT2D eigenvalue weighted by molar-refractivity contribution is -0.136. The first kappa shape index (κ1) is 16.9. The molecule has 2 heterocycles. The smallest absolute Gasteiger partial charge is 0.223 e. The number of carbonyl (C=O) groups excluding carboxylic acids is 2. The molecular formula is C19H22N2O2S. The van der Waals surface area contributed by atoms with Crippen LogP contribution in [0, 0.1) is 0 Å². The van der Waals surface area contributed by atoms with Crippen LogP contribution in [0.25, 0.3) is 0 Å². The molecule has 1 amide bonds. The Kier molecular flexibility index (Phi) is 5.43. The van der Waals surface area contributed by atoms with Crippen molar-refractivity contribution in [3.05, 3.63) is 58.3 Å². The predicted molar refractivity (Wildman–Crippen MR) is 96.3 cm³/mol. The zero-order valence-corrected chi connectivity index (χ0v) is 14.7. The van der Waals surface area contributed by atoms with E-state index in [0.717, 1.165) is 23.5 Å². The van der Waals surface area contributed by atoms with Crippen LogP contribution in [-0.2, 0) is 4.79 Å². The molecule has 0 saturated carbocycles. The quantitative estimate of drug-likeness (QED) is 0.783. The molecule has 3 rings (SSSR count). The van der Waals surface area contributed by atoms with Crippen molar-refractivity contribution in [1.82, 2.24) is 9.80 Å². The number of nitrogens with zero attached hydrogens (tertiary/aromatic N) is 2. The number of hydrogen-bond donors (Lipinski definition) is 0. The van der Waals surface area contributed by atoms with Gasteiger partial charge < -0.3 is 9.80 Å². The van der Waals surface area contributed by atoms with E-state index in [1.54, 1.807) is 0 Å². The molecule has 5 heteroatoms. The molecule has 0 spiro atoms. The third kappa shape index (κ3) is 3.91. The van der Waals surface area contributed by atoms with Crippen molar-refractivity contribution in [3.63, 3.8) is 0 Å². The maximum Gasteiger partial charge on any atom is 0.223 e. The first-order valence-electron chi connectivity index (χ1n) is 8.25. The minimum Gasteiger partial charge on any atom is -0.333 e. The minimum atomic E-state index is 0.0590. The highest BCUT2D eigenvalue weighted by Crippen LogP contribution is 2.26. The summed E-state index contributed by atoms with van der Waals surface area (Å²) in [6.07, 6.45) is 0.566. The van der Waals surface area contributed by atoms with Crippen LogP contribution in [0.3, 0.4) is 0 Å². The number of thiophene rings is 1. The van der Waals surface area contributed by atoms with Gasteiger partial charge in [-0.2, -0.15) is 0 Å². The summed E-state index contributed by atoms with van der Waals surface area (Å²) in [4.78, 5) is 29.8. The van der Waals surface area contributed by atoms with Crippen LogP contribution >= 0.6 is 11.3 Å². The summed E-state index contributed by atoms with van der Waals surface area (Å²) in [5.41, 5.74) is 1.15. The van der Waals surface area contributed by atoms with Gasteiger partial charge in [-0.3, -0.25) is 9.59 Å². The average Bonchev–Trinajstić information content (AvgIpc) is 3.15. The summed E-state index contributed by atoms with van der Waals surface area (Å²) in [6, 6.07) is 13.9. The number of hydrogen-bond acceptors (Lipinski definition) is 4. The van der Waals surface area contributed by atoms with Crippen LogP contribution in [0.2, 0.25) is 0 Å². The van der Waals surface area contributed by atoms with Crippen LogP contribution in [0.5, 0.6) is 0 Å². The van der Waals surface area contributed by atoms with Gasteiger partial charge in [0.15, 0.2) is 5.78 Å². The normalized spacial score (nSPS) is 18.5. The number of likely N-dealkylation sites (N-methyl/N-ethyl adjacent to an activating group) is 1. The highest BCUT2D eigenvalue weighted by atomic mass is 32.1. The van der Waals surface area contributed by atoms with Crippen LogP contribution < -0.4 is 0 Å². The molecule has 1 aromatic heterocycles. The van der Waals surface area contributed by atoms with E-state index in [0.29, 0.717) is 6.54 Å². The molecule has 1 aromatic carbocycles. The van der Waals surface area contributed by atoms with Crippen molar-refractivity contribution in [3.8, 4) is 0 Å². The van der Waals surface area contributed by atoms with Gasteiger partial charge >= 0.3 is 0 Å². The predicted octanol–water partition coefficient (Wildman–Crippen LogP) is 3.23. The molecule has 2 aromatic rings. The summed E-state index contributed by atoms with van der Waals surface area (Å²) in [7, 11) is 2.08. The van der Waals surface area contributed by atoms with Crippen LogP contribution in [0.4, 0.5) is 0 Å². The number of benzene rings is 1. The first-order chi connectivity index (χ1) is 11.6. The van der Waals surface area contributed by atoms with Gasteiger partial charge in [-0.15, -0.1) is 11.3 Å². The van der Waals surface area contributed by atoms with Gasteiger partial charge in [-0.05, 0) is 24.1 Å². The Bertz CT molecular complexity index is 685. The lowest BCUT2D eigenvalue weighted by Gasteiger charge is -2.40. The van der Waals surface area contributed by atoms with Crippen molar-refractivity contribution < 1.29 is 9.59 Å². The zero-order chi connectivity index (χ0) is 16.9. The Morgan fingerprint density at radius 1 is 1.08 bits per heavy atom. The van der Waals surface area contributed by atoms with Crippen LogP contribution in [-0.4, -0.2) is 48.2 Å². The highest BCUT2D eigenvalue weighted by molar-refractivity contribution is 7.12. The summed E-state index contributed by atoms with van der Waals surface area (Å²) < 4.78 is 0. The van der Waals surface area contributed by atoms with Crippen LogP contribution in [0.15, 0.2) is 47.8 Å². The van der Waals surface area contributed by atoms with Crippen molar-refractivity contribution >= 4 is 23.0 Å². The number of carbonyl (C=O) groups is 2. The molecule has 1 aliphatic heterocycles. The number of ketones is 1. The van der Waals surface area contributed by atoms with Crippen molar-refractivity contribution in [2.24, 2.45) is 0 Å². The Hall–Kier alpha value is -1.98.